The van der Waals surface area contributed by atoms with Crippen molar-refractivity contribution in [2.24, 2.45) is 10.8 Å². The highest BCUT2D eigenvalue weighted by Gasteiger charge is 2.26. The summed E-state index contributed by atoms with van der Waals surface area (Å²) in [4.78, 5) is 0. The molecule has 0 spiro atoms. The Morgan fingerprint density at radius 3 is 1.60 bits per heavy atom. The highest BCUT2D eigenvalue weighted by atomic mass is 16.5. The van der Waals surface area contributed by atoms with E-state index in [2.05, 4.69) is 79.5 Å². The summed E-state index contributed by atoms with van der Waals surface area (Å²) in [5.74, 6) is 0.929. The van der Waals surface area contributed by atoms with Gasteiger partial charge in [-0.05, 0) is 28.5 Å². The molecular formula is C23H35BO. The van der Waals surface area contributed by atoms with Crippen LogP contribution in [-0.2, 0) is 6.61 Å². The topological polar surface area (TPSA) is 9.23 Å². The average molecular weight is 338 g/mol. The summed E-state index contributed by atoms with van der Waals surface area (Å²) in [7, 11) is 0. The summed E-state index contributed by atoms with van der Waals surface area (Å²) in [5, 5.41) is 0. The zero-order chi connectivity index (χ0) is 19.1. The molecule has 0 aliphatic rings. The second-order valence-electron chi connectivity index (χ2n) is 9.00. The van der Waals surface area contributed by atoms with Gasteiger partial charge in [0.2, 0.25) is 0 Å². The summed E-state index contributed by atoms with van der Waals surface area (Å²) in [5.41, 5.74) is 3.41. The standard InChI is InChI=1S/C15H17BO.C8H18/c1-16(2)14-8-10-15(11-9-14)17-12-13-6-4-3-5-7-13;1-7(2,3)8(4,5)6/h3-11H,12H2,1-2H3;1-6H3. The van der Waals surface area contributed by atoms with E-state index in [9.17, 15) is 0 Å². The molecule has 0 aromatic heterocycles. The zero-order valence-corrected chi connectivity index (χ0v) is 17.4. The fraction of sp³-hybridized carbons (Fsp3) is 0.478. The molecule has 0 saturated heterocycles. The highest BCUT2D eigenvalue weighted by Crippen LogP contribution is 2.36. The van der Waals surface area contributed by atoms with Gasteiger partial charge in [0.1, 0.15) is 12.4 Å². The van der Waals surface area contributed by atoms with Crippen LogP contribution < -0.4 is 10.2 Å². The average Bonchev–Trinajstić information content (AvgIpc) is 2.53. The van der Waals surface area contributed by atoms with Crippen LogP contribution in [0.5, 0.6) is 5.75 Å². The van der Waals surface area contributed by atoms with E-state index in [0.29, 0.717) is 24.1 Å². The van der Waals surface area contributed by atoms with E-state index in [4.69, 9.17) is 4.74 Å². The fourth-order valence-electron chi connectivity index (χ4n) is 1.69. The lowest BCUT2D eigenvalue weighted by Gasteiger charge is -2.34. The van der Waals surface area contributed by atoms with Gasteiger partial charge in [-0.25, -0.2) is 0 Å². The summed E-state index contributed by atoms with van der Waals surface area (Å²) < 4.78 is 5.73. The SMILES string of the molecule is CB(C)c1ccc(OCc2ccccc2)cc1.CC(C)(C)C(C)(C)C. The Morgan fingerprint density at radius 2 is 1.20 bits per heavy atom. The van der Waals surface area contributed by atoms with Crippen molar-refractivity contribution in [3.05, 3.63) is 60.2 Å². The Bertz CT molecular complexity index is 589. The highest BCUT2D eigenvalue weighted by molar-refractivity contribution is 6.70. The normalized spacial score (nSPS) is 11.4. The predicted molar refractivity (Wildman–Crippen MR) is 113 cm³/mol. The van der Waals surface area contributed by atoms with Crippen LogP contribution >= 0.6 is 0 Å². The molecule has 0 heterocycles. The van der Waals surface area contributed by atoms with E-state index in [0.717, 1.165) is 5.75 Å². The van der Waals surface area contributed by atoms with Crippen molar-refractivity contribution in [2.45, 2.75) is 61.8 Å². The van der Waals surface area contributed by atoms with Crippen molar-refractivity contribution in [3.63, 3.8) is 0 Å². The van der Waals surface area contributed by atoms with Crippen LogP contribution in [0.1, 0.15) is 47.1 Å². The van der Waals surface area contributed by atoms with Gasteiger partial charge < -0.3 is 4.74 Å². The van der Waals surface area contributed by atoms with Crippen molar-refractivity contribution in [1.29, 1.82) is 0 Å². The summed E-state index contributed by atoms with van der Waals surface area (Å²) in [6.45, 7) is 19.2. The van der Waals surface area contributed by atoms with Crippen LogP contribution in [0.15, 0.2) is 54.6 Å². The molecule has 0 atom stereocenters. The number of ether oxygens (including phenoxy) is 1. The Hall–Kier alpha value is -1.70. The molecule has 25 heavy (non-hydrogen) atoms. The molecule has 0 unspecified atom stereocenters. The molecule has 0 amide bonds. The molecule has 0 aliphatic heterocycles. The maximum Gasteiger partial charge on any atom is 0.169 e. The molecule has 2 heteroatoms. The molecular weight excluding hydrogens is 303 g/mol. The molecule has 0 saturated carbocycles. The van der Waals surface area contributed by atoms with Crippen molar-refractivity contribution in [3.8, 4) is 5.75 Å². The predicted octanol–water partition coefficient (Wildman–Crippen LogP) is 6.31. The van der Waals surface area contributed by atoms with E-state index in [1.54, 1.807) is 0 Å². The molecule has 0 aliphatic carbocycles. The molecule has 136 valence electrons. The Kier molecular flexibility index (Phi) is 7.79. The van der Waals surface area contributed by atoms with E-state index in [-0.39, 0.29) is 0 Å². The van der Waals surface area contributed by atoms with Gasteiger partial charge >= 0.3 is 0 Å². The van der Waals surface area contributed by atoms with Crippen molar-refractivity contribution >= 4 is 12.2 Å². The minimum absolute atomic E-state index is 0.437. The minimum Gasteiger partial charge on any atom is -0.489 e. The Morgan fingerprint density at radius 1 is 0.720 bits per heavy atom. The summed E-state index contributed by atoms with van der Waals surface area (Å²) >= 11 is 0. The molecule has 1 nitrogen and oxygen atoms in total. The van der Waals surface area contributed by atoms with Crippen LogP contribution in [-0.4, -0.2) is 6.71 Å². The summed E-state index contributed by atoms with van der Waals surface area (Å²) in [6, 6.07) is 18.6. The number of benzene rings is 2. The first-order valence-electron chi connectivity index (χ1n) is 9.27. The first-order chi connectivity index (χ1) is 11.5. The maximum atomic E-state index is 5.73. The largest absolute Gasteiger partial charge is 0.489 e. The van der Waals surface area contributed by atoms with Gasteiger partial charge in [0, 0.05) is 0 Å². The second kappa shape index (κ2) is 9.13. The third-order valence-corrected chi connectivity index (χ3v) is 5.05. The molecule has 2 aromatic rings. The molecule has 0 fully saturated rings. The molecule has 2 rings (SSSR count). The first-order valence-corrected chi connectivity index (χ1v) is 9.27. The van der Waals surface area contributed by atoms with Crippen LogP contribution in [0, 0.1) is 10.8 Å². The van der Waals surface area contributed by atoms with Crippen molar-refractivity contribution < 1.29 is 4.74 Å². The second-order valence-corrected chi connectivity index (χ2v) is 9.00. The third kappa shape index (κ3) is 7.81. The maximum absolute atomic E-state index is 5.73. The van der Waals surface area contributed by atoms with Gasteiger partial charge in [-0.1, -0.05) is 103 Å². The quantitative estimate of drug-likeness (QED) is 0.594. The van der Waals surface area contributed by atoms with Gasteiger partial charge in [0.25, 0.3) is 0 Å². The van der Waals surface area contributed by atoms with Crippen LogP contribution in [0.3, 0.4) is 0 Å². The number of hydrogen-bond donors (Lipinski definition) is 0. The minimum atomic E-state index is 0.437. The van der Waals surface area contributed by atoms with E-state index in [1.807, 2.05) is 30.3 Å². The monoisotopic (exact) mass is 338 g/mol. The fourth-order valence-corrected chi connectivity index (χ4v) is 1.69. The van der Waals surface area contributed by atoms with Crippen LogP contribution in [0.25, 0.3) is 0 Å². The Balaban J connectivity index is 0.000000333. The van der Waals surface area contributed by atoms with E-state index >= 15 is 0 Å². The van der Waals surface area contributed by atoms with Crippen molar-refractivity contribution in [2.75, 3.05) is 0 Å². The van der Waals surface area contributed by atoms with E-state index < -0.39 is 0 Å². The van der Waals surface area contributed by atoms with Gasteiger partial charge in [0.05, 0.1) is 0 Å². The Labute approximate surface area is 155 Å². The van der Waals surface area contributed by atoms with Crippen LogP contribution in [0.2, 0.25) is 13.6 Å². The van der Waals surface area contributed by atoms with Gasteiger partial charge in [-0.15, -0.1) is 0 Å². The first kappa shape index (κ1) is 21.3. The number of hydrogen-bond acceptors (Lipinski definition) is 1. The van der Waals surface area contributed by atoms with Crippen LogP contribution in [0.4, 0.5) is 0 Å². The smallest absolute Gasteiger partial charge is 0.169 e. The summed E-state index contributed by atoms with van der Waals surface area (Å²) in [6.07, 6.45) is 0. The van der Waals surface area contributed by atoms with Gasteiger partial charge in [-0.3, -0.25) is 0 Å². The van der Waals surface area contributed by atoms with Gasteiger partial charge in [0.15, 0.2) is 6.71 Å². The molecule has 0 bridgehead atoms. The molecule has 0 N–H and O–H groups in total. The lowest BCUT2D eigenvalue weighted by Crippen LogP contribution is -2.25. The third-order valence-electron chi connectivity index (χ3n) is 5.05. The lowest BCUT2D eigenvalue weighted by atomic mass is 9.49. The van der Waals surface area contributed by atoms with Crippen molar-refractivity contribution in [1.82, 2.24) is 0 Å². The lowest BCUT2D eigenvalue weighted by molar-refractivity contribution is 0.157. The van der Waals surface area contributed by atoms with Gasteiger partial charge in [-0.2, -0.15) is 0 Å². The number of rotatable bonds is 4. The molecule has 2 aromatic carbocycles. The molecule has 0 radical (unpaired) electrons. The zero-order valence-electron chi connectivity index (χ0n) is 17.4. The van der Waals surface area contributed by atoms with E-state index in [1.165, 1.54) is 11.0 Å².